The molecule has 2 rings (SSSR count). The first-order chi connectivity index (χ1) is 9.25. The zero-order chi connectivity index (χ0) is 13.5. The Balaban J connectivity index is 1.76. The number of nitrogens with zero attached hydrogens (tertiary/aromatic N) is 1. The molecule has 100 valence electrons. The van der Waals surface area contributed by atoms with Crippen molar-refractivity contribution >= 4 is 21.6 Å². The fourth-order valence-electron chi connectivity index (χ4n) is 1.94. The van der Waals surface area contributed by atoms with Crippen LogP contribution in [-0.2, 0) is 6.54 Å². The Hall–Kier alpha value is -1.32. The van der Waals surface area contributed by atoms with Crippen molar-refractivity contribution in [1.82, 2.24) is 4.90 Å². The average Bonchev–Trinajstić information content (AvgIpc) is 2.43. The highest BCUT2D eigenvalue weighted by molar-refractivity contribution is 9.10. The van der Waals surface area contributed by atoms with E-state index in [1.807, 2.05) is 24.3 Å². The normalized spacial score (nSPS) is 10.7. The lowest BCUT2D eigenvalue weighted by molar-refractivity contribution is 0.339. The van der Waals surface area contributed by atoms with Gasteiger partial charge in [0.15, 0.2) is 0 Å². The van der Waals surface area contributed by atoms with Crippen molar-refractivity contribution in [3.05, 3.63) is 64.6 Å². The monoisotopic (exact) mass is 318 g/mol. The number of hydrogen-bond acceptors (Lipinski definition) is 2. The third-order valence-electron chi connectivity index (χ3n) is 2.99. The van der Waals surface area contributed by atoms with Gasteiger partial charge in [-0.25, -0.2) is 0 Å². The summed E-state index contributed by atoms with van der Waals surface area (Å²) in [5, 5.41) is 3.42. The topological polar surface area (TPSA) is 15.3 Å². The minimum atomic E-state index is 0.949. The molecule has 0 saturated carbocycles. The van der Waals surface area contributed by atoms with Crippen LogP contribution in [0.25, 0.3) is 0 Å². The second-order valence-corrected chi connectivity index (χ2v) is 5.48. The fourth-order valence-corrected chi connectivity index (χ4v) is 2.35. The highest BCUT2D eigenvalue weighted by Crippen LogP contribution is 2.17. The van der Waals surface area contributed by atoms with Gasteiger partial charge < -0.3 is 10.2 Å². The summed E-state index contributed by atoms with van der Waals surface area (Å²) in [6, 6.07) is 18.7. The van der Waals surface area contributed by atoms with Crippen LogP contribution in [-0.4, -0.2) is 25.0 Å². The van der Waals surface area contributed by atoms with E-state index in [9.17, 15) is 0 Å². The number of hydrogen-bond donors (Lipinski definition) is 1. The third kappa shape index (κ3) is 4.69. The van der Waals surface area contributed by atoms with E-state index in [0.717, 1.165) is 19.6 Å². The van der Waals surface area contributed by atoms with Crippen LogP contribution in [0.5, 0.6) is 0 Å². The summed E-state index contributed by atoms with van der Waals surface area (Å²) >= 11 is 3.59. The van der Waals surface area contributed by atoms with Gasteiger partial charge in [-0.2, -0.15) is 0 Å². The first-order valence-corrected chi connectivity index (χ1v) is 7.26. The van der Waals surface area contributed by atoms with Crippen LogP contribution in [0.3, 0.4) is 0 Å². The summed E-state index contributed by atoms with van der Waals surface area (Å²) in [7, 11) is 2.14. The largest absolute Gasteiger partial charge is 0.384 e. The van der Waals surface area contributed by atoms with Gasteiger partial charge in [0.1, 0.15) is 0 Å². The molecule has 0 amide bonds. The number of rotatable bonds is 6. The zero-order valence-corrected chi connectivity index (χ0v) is 12.7. The van der Waals surface area contributed by atoms with Gasteiger partial charge in [0.2, 0.25) is 0 Å². The molecule has 0 radical (unpaired) electrons. The molecule has 3 heteroatoms. The molecule has 0 aliphatic rings. The van der Waals surface area contributed by atoms with Crippen molar-refractivity contribution in [3.8, 4) is 0 Å². The minimum absolute atomic E-state index is 0.949. The lowest BCUT2D eigenvalue weighted by atomic mass is 10.2. The molecule has 0 heterocycles. The molecular weight excluding hydrogens is 300 g/mol. The highest BCUT2D eigenvalue weighted by atomic mass is 79.9. The molecular formula is C16H19BrN2. The average molecular weight is 319 g/mol. The van der Waals surface area contributed by atoms with Crippen LogP contribution in [0, 0.1) is 0 Å². The van der Waals surface area contributed by atoms with E-state index in [1.165, 1.54) is 15.7 Å². The Morgan fingerprint density at radius 2 is 1.68 bits per heavy atom. The Morgan fingerprint density at radius 1 is 1.00 bits per heavy atom. The first-order valence-electron chi connectivity index (χ1n) is 6.46. The van der Waals surface area contributed by atoms with E-state index in [-0.39, 0.29) is 0 Å². The third-order valence-corrected chi connectivity index (χ3v) is 3.77. The molecule has 0 bridgehead atoms. The van der Waals surface area contributed by atoms with Crippen LogP contribution in [0.15, 0.2) is 59.1 Å². The van der Waals surface area contributed by atoms with Gasteiger partial charge in [-0.1, -0.05) is 52.3 Å². The summed E-state index contributed by atoms with van der Waals surface area (Å²) in [4.78, 5) is 2.32. The zero-order valence-electron chi connectivity index (χ0n) is 11.1. The van der Waals surface area contributed by atoms with Gasteiger partial charge in [-0.05, 0) is 30.8 Å². The molecule has 0 unspecified atom stereocenters. The molecule has 19 heavy (non-hydrogen) atoms. The summed E-state index contributed by atoms with van der Waals surface area (Å²) in [5.74, 6) is 0. The summed E-state index contributed by atoms with van der Waals surface area (Å²) in [6.45, 7) is 2.92. The Labute approximate surface area is 123 Å². The van der Waals surface area contributed by atoms with Crippen LogP contribution in [0.2, 0.25) is 0 Å². The SMILES string of the molecule is CN(CCNc1ccccc1)Cc1ccccc1Br. The van der Waals surface area contributed by atoms with Crippen LogP contribution in [0.4, 0.5) is 5.69 Å². The minimum Gasteiger partial charge on any atom is -0.384 e. The Morgan fingerprint density at radius 3 is 2.42 bits per heavy atom. The Kier molecular flexibility index (Phi) is 5.43. The van der Waals surface area contributed by atoms with Crippen molar-refractivity contribution in [2.45, 2.75) is 6.54 Å². The summed E-state index contributed by atoms with van der Waals surface area (Å²) in [5.41, 5.74) is 2.50. The van der Waals surface area contributed by atoms with E-state index in [2.05, 4.69) is 63.5 Å². The quantitative estimate of drug-likeness (QED) is 0.866. The van der Waals surface area contributed by atoms with E-state index >= 15 is 0 Å². The maximum absolute atomic E-state index is 3.59. The van der Waals surface area contributed by atoms with E-state index < -0.39 is 0 Å². The molecule has 0 aromatic heterocycles. The molecule has 0 fully saturated rings. The first kappa shape index (κ1) is 14.1. The number of nitrogens with one attached hydrogen (secondary N) is 1. The molecule has 0 aliphatic carbocycles. The van der Waals surface area contributed by atoms with E-state index in [0.29, 0.717) is 0 Å². The lowest BCUT2D eigenvalue weighted by Crippen LogP contribution is -2.24. The predicted octanol–water partition coefficient (Wildman–Crippen LogP) is 3.99. The molecule has 0 spiro atoms. The maximum atomic E-state index is 3.59. The smallest absolute Gasteiger partial charge is 0.0340 e. The van der Waals surface area contributed by atoms with Crippen LogP contribution >= 0.6 is 15.9 Å². The maximum Gasteiger partial charge on any atom is 0.0340 e. The van der Waals surface area contributed by atoms with Gasteiger partial charge >= 0.3 is 0 Å². The van der Waals surface area contributed by atoms with Crippen molar-refractivity contribution in [2.24, 2.45) is 0 Å². The molecule has 2 nitrogen and oxygen atoms in total. The van der Waals surface area contributed by atoms with Gasteiger partial charge in [0.25, 0.3) is 0 Å². The highest BCUT2D eigenvalue weighted by Gasteiger charge is 2.03. The van der Waals surface area contributed by atoms with E-state index in [4.69, 9.17) is 0 Å². The lowest BCUT2D eigenvalue weighted by Gasteiger charge is -2.18. The second kappa shape index (κ2) is 7.31. The number of likely N-dealkylation sites (N-methyl/N-ethyl adjacent to an activating group) is 1. The molecule has 0 saturated heterocycles. The van der Waals surface area contributed by atoms with Crippen molar-refractivity contribution in [3.63, 3.8) is 0 Å². The van der Waals surface area contributed by atoms with Crippen molar-refractivity contribution in [1.29, 1.82) is 0 Å². The van der Waals surface area contributed by atoms with Crippen LogP contribution < -0.4 is 5.32 Å². The fraction of sp³-hybridized carbons (Fsp3) is 0.250. The van der Waals surface area contributed by atoms with Gasteiger partial charge in [-0.15, -0.1) is 0 Å². The standard InChI is InChI=1S/C16H19BrN2/c1-19(13-14-7-5-6-10-16(14)17)12-11-18-15-8-3-2-4-9-15/h2-10,18H,11-13H2,1H3. The number of benzene rings is 2. The van der Waals surface area contributed by atoms with Gasteiger partial charge in [0, 0.05) is 29.8 Å². The number of halogens is 1. The second-order valence-electron chi connectivity index (χ2n) is 4.62. The summed E-state index contributed by atoms with van der Waals surface area (Å²) in [6.07, 6.45) is 0. The Bertz CT molecular complexity index is 499. The molecule has 2 aromatic rings. The van der Waals surface area contributed by atoms with Crippen molar-refractivity contribution < 1.29 is 0 Å². The summed E-state index contributed by atoms with van der Waals surface area (Å²) < 4.78 is 1.18. The predicted molar refractivity (Wildman–Crippen MR) is 85.4 cm³/mol. The molecule has 1 N–H and O–H groups in total. The van der Waals surface area contributed by atoms with E-state index in [1.54, 1.807) is 0 Å². The molecule has 0 atom stereocenters. The van der Waals surface area contributed by atoms with Gasteiger partial charge in [0.05, 0.1) is 0 Å². The number of para-hydroxylation sites is 1. The van der Waals surface area contributed by atoms with Crippen molar-refractivity contribution in [2.75, 3.05) is 25.5 Å². The molecule has 0 aliphatic heterocycles. The van der Waals surface area contributed by atoms with Crippen LogP contribution in [0.1, 0.15) is 5.56 Å². The molecule has 2 aromatic carbocycles. The number of anilines is 1. The van der Waals surface area contributed by atoms with Gasteiger partial charge in [-0.3, -0.25) is 0 Å².